The monoisotopic (exact) mass is 549 g/mol. The maximum Gasteiger partial charge on any atom is 0.404 e. The molecular weight excluding hydrogens is 531 g/mol. The highest BCUT2D eigenvalue weighted by molar-refractivity contribution is 7.93. The second-order valence-electron chi connectivity index (χ2n) is 7.02. The lowest BCUT2D eigenvalue weighted by atomic mass is 10.2. The fourth-order valence-electron chi connectivity index (χ4n) is 3.02. The molecule has 18 heteroatoms. The maximum absolute atomic E-state index is 13.4. The standard InChI is InChI=1S/C17H18F5N4O7S2/c18-16(19)25-9-14(15(24-25)32-6-5-27)35(30,31)26-8-11(33-13-4-2-1-3-12(13)26)7-23-34(28,29)10-17(20,21)22/h2-4,9,11,16,23,27H,5-8,10H2/t11-/m0/s1. The van der Waals surface area contributed by atoms with Gasteiger partial charge in [0.05, 0.1) is 25.0 Å². The Bertz CT molecular complexity index is 1250. The molecule has 0 fully saturated rings. The van der Waals surface area contributed by atoms with Crippen molar-refractivity contribution in [1.82, 2.24) is 14.5 Å². The molecule has 195 valence electrons. The quantitative estimate of drug-likeness (QED) is 0.417. The minimum Gasteiger partial charge on any atom is -0.485 e. The summed E-state index contributed by atoms with van der Waals surface area (Å²) in [6.07, 6.45) is -5.79. The van der Waals surface area contributed by atoms with Crippen molar-refractivity contribution in [1.29, 1.82) is 0 Å². The van der Waals surface area contributed by atoms with Gasteiger partial charge >= 0.3 is 12.7 Å². The zero-order valence-electron chi connectivity index (χ0n) is 17.4. The Morgan fingerprint density at radius 3 is 2.66 bits per heavy atom. The first-order valence-corrected chi connectivity index (χ1v) is 12.7. The molecule has 3 rings (SSSR count). The van der Waals surface area contributed by atoms with Gasteiger partial charge in [-0.15, -0.1) is 5.10 Å². The van der Waals surface area contributed by atoms with Crippen LogP contribution in [0, 0.1) is 6.07 Å². The Labute approximate surface area is 196 Å². The summed E-state index contributed by atoms with van der Waals surface area (Å²) in [4.78, 5) is -0.792. The van der Waals surface area contributed by atoms with Gasteiger partial charge in [0, 0.05) is 6.54 Å². The maximum atomic E-state index is 13.4. The lowest BCUT2D eigenvalue weighted by Crippen LogP contribution is -2.49. The van der Waals surface area contributed by atoms with Crippen molar-refractivity contribution < 1.29 is 53.4 Å². The summed E-state index contributed by atoms with van der Waals surface area (Å²) in [5.41, 5.74) is -0.0974. The number of alkyl halides is 5. The summed E-state index contributed by atoms with van der Waals surface area (Å²) >= 11 is 0. The van der Waals surface area contributed by atoms with Crippen molar-refractivity contribution >= 4 is 25.7 Å². The Hall–Kier alpha value is -2.70. The highest BCUT2D eigenvalue weighted by Gasteiger charge is 2.39. The van der Waals surface area contributed by atoms with Crippen LogP contribution in [0.5, 0.6) is 11.6 Å². The number of anilines is 1. The van der Waals surface area contributed by atoms with Crippen molar-refractivity contribution in [2.24, 2.45) is 0 Å². The van der Waals surface area contributed by atoms with Crippen molar-refractivity contribution in [3.63, 3.8) is 0 Å². The molecule has 0 aliphatic carbocycles. The third-order valence-electron chi connectivity index (χ3n) is 4.38. The summed E-state index contributed by atoms with van der Waals surface area (Å²) in [7, 11) is -9.53. The predicted molar refractivity (Wildman–Crippen MR) is 108 cm³/mol. The molecular formula is C17H18F5N4O7S2. The van der Waals surface area contributed by atoms with Crippen LogP contribution in [-0.2, 0) is 20.0 Å². The molecule has 35 heavy (non-hydrogen) atoms. The normalized spacial score (nSPS) is 16.8. The molecule has 1 aliphatic heterocycles. The number of aliphatic hydroxyl groups excluding tert-OH is 1. The molecule has 1 aromatic carbocycles. The second-order valence-corrected chi connectivity index (χ2v) is 10.7. The SMILES string of the molecule is O=S(=O)(CC(F)(F)F)NC[C@H]1CN(S(=O)(=O)c2cn(C(F)F)nc2OCCO)c2c[c]ccc2O1. The van der Waals surface area contributed by atoms with E-state index in [1.165, 1.54) is 18.2 Å². The van der Waals surface area contributed by atoms with E-state index in [0.717, 1.165) is 0 Å². The van der Waals surface area contributed by atoms with Crippen LogP contribution in [0.4, 0.5) is 27.6 Å². The summed E-state index contributed by atoms with van der Waals surface area (Å²) in [6.45, 7) is -5.60. The molecule has 1 atom stereocenters. The average molecular weight is 549 g/mol. The molecule has 0 saturated heterocycles. The zero-order valence-corrected chi connectivity index (χ0v) is 19.1. The molecule has 0 saturated carbocycles. The van der Waals surface area contributed by atoms with E-state index in [-0.39, 0.29) is 16.1 Å². The number of aromatic nitrogens is 2. The van der Waals surface area contributed by atoms with Crippen molar-refractivity contribution in [3.8, 4) is 11.6 Å². The molecule has 0 unspecified atom stereocenters. The molecule has 2 aromatic rings. The van der Waals surface area contributed by atoms with Crippen LogP contribution in [0.1, 0.15) is 6.55 Å². The smallest absolute Gasteiger partial charge is 0.404 e. The van der Waals surface area contributed by atoms with Gasteiger partial charge in [0.25, 0.3) is 15.9 Å². The fraction of sp³-hybridized carbons (Fsp3) is 0.471. The van der Waals surface area contributed by atoms with E-state index in [9.17, 15) is 38.8 Å². The Morgan fingerprint density at radius 2 is 2.03 bits per heavy atom. The number of benzene rings is 1. The molecule has 1 aromatic heterocycles. The third kappa shape index (κ3) is 6.50. The van der Waals surface area contributed by atoms with E-state index in [0.29, 0.717) is 10.5 Å². The van der Waals surface area contributed by atoms with Gasteiger partial charge in [-0.2, -0.15) is 22.0 Å². The van der Waals surface area contributed by atoms with E-state index < -0.39 is 81.7 Å². The molecule has 0 amide bonds. The Balaban J connectivity index is 1.94. The number of ether oxygens (including phenoxy) is 2. The van der Waals surface area contributed by atoms with Crippen LogP contribution in [0.3, 0.4) is 0 Å². The number of sulfonamides is 2. The van der Waals surface area contributed by atoms with Crippen molar-refractivity contribution in [2.45, 2.75) is 23.7 Å². The highest BCUT2D eigenvalue weighted by Crippen LogP contribution is 2.38. The van der Waals surface area contributed by atoms with E-state index in [2.05, 4.69) is 11.2 Å². The van der Waals surface area contributed by atoms with E-state index in [1.807, 2.05) is 0 Å². The van der Waals surface area contributed by atoms with E-state index in [1.54, 1.807) is 4.72 Å². The topological polar surface area (TPSA) is 140 Å². The summed E-state index contributed by atoms with van der Waals surface area (Å²) in [5, 5.41) is 12.3. The van der Waals surface area contributed by atoms with Crippen LogP contribution in [0.15, 0.2) is 29.3 Å². The first-order valence-electron chi connectivity index (χ1n) is 9.58. The van der Waals surface area contributed by atoms with Gasteiger partial charge in [-0.1, -0.05) is 6.07 Å². The van der Waals surface area contributed by atoms with Gasteiger partial charge in [0.15, 0.2) is 10.6 Å². The molecule has 1 aliphatic rings. The van der Waals surface area contributed by atoms with Crippen molar-refractivity contribution in [3.05, 3.63) is 30.5 Å². The molecule has 2 N–H and O–H groups in total. The van der Waals surface area contributed by atoms with Crippen LogP contribution in [0.25, 0.3) is 0 Å². The van der Waals surface area contributed by atoms with Crippen molar-refractivity contribution in [2.75, 3.05) is 36.4 Å². The Morgan fingerprint density at radius 1 is 1.31 bits per heavy atom. The number of hydrogen-bond acceptors (Lipinski definition) is 8. The van der Waals surface area contributed by atoms with Gasteiger partial charge in [-0.3, -0.25) is 4.31 Å². The average Bonchev–Trinajstić information content (AvgIpc) is 3.19. The number of hydrogen-bond donors (Lipinski definition) is 2. The minimum absolute atomic E-state index is 0.0286. The number of halogens is 5. The number of nitrogens with zero attached hydrogens (tertiary/aromatic N) is 3. The minimum atomic E-state index is -5.01. The zero-order chi connectivity index (χ0) is 26.0. The van der Waals surface area contributed by atoms with Crippen LogP contribution in [0.2, 0.25) is 0 Å². The van der Waals surface area contributed by atoms with E-state index >= 15 is 0 Å². The third-order valence-corrected chi connectivity index (χ3v) is 7.46. The lowest BCUT2D eigenvalue weighted by molar-refractivity contribution is -0.106. The van der Waals surface area contributed by atoms with Gasteiger partial charge in [-0.05, 0) is 18.2 Å². The van der Waals surface area contributed by atoms with Crippen LogP contribution in [-0.4, -0.2) is 76.1 Å². The van der Waals surface area contributed by atoms with Gasteiger partial charge < -0.3 is 14.6 Å². The van der Waals surface area contributed by atoms with Gasteiger partial charge in [-0.25, -0.2) is 26.2 Å². The molecule has 0 bridgehead atoms. The predicted octanol–water partition coefficient (Wildman–Crippen LogP) is 0.887. The summed E-state index contributed by atoms with van der Waals surface area (Å²) in [6, 6.07) is 6.43. The number of aliphatic hydroxyl groups is 1. The molecule has 0 spiro atoms. The first-order chi connectivity index (χ1) is 16.2. The molecule has 1 radical (unpaired) electrons. The van der Waals surface area contributed by atoms with Gasteiger partial charge in [0.1, 0.15) is 18.5 Å². The highest BCUT2D eigenvalue weighted by atomic mass is 32.2. The summed E-state index contributed by atoms with van der Waals surface area (Å²) < 4.78 is 127. The summed E-state index contributed by atoms with van der Waals surface area (Å²) in [5.74, 6) is -2.97. The van der Waals surface area contributed by atoms with Crippen LogP contribution >= 0.6 is 0 Å². The second kappa shape index (κ2) is 10.1. The van der Waals surface area contributed by atoms with Crippen LogP contribution < -0.4 is 18.5 Å². The molecule has 11 nitrogen and oxygen atoms in total. The van der Waals surface area contributed by atoms with Gasteiger partial charge in [0.2, 0.25) is 10.0 Å². The Kier molecular flexibility index (Phi) is 7.77. The van der Waals surface area contributed by atoms with E-state index in [4.69, 9.17) is 14.6 Å². The fourth-order valence-corrected chi connectivity index (χ4v) is 5.55. The largest absolute Gasteiger partial charge is 0.485 e. The lowest BCUT2D eigenvalue weighted by Gasteiger charge is -2.35. The number of fused-ring (bicyclic) bond motifs is 1. The number of rotatable bonds is 10. The number of nitrogens with one attached hydrogen (secondary N) is 1. The first kappa shape index (κ1) is 26.9. The molecule has 2 heterocycles.